The summed E-state index contributed by atoms with van der Waals surface area (Å²) in [5.74, 6) is 0. The molecule has 0 aliphatic carbocycles. The van der Waals surface area contributed by atoms with Gasteiger partial charge in [-0.3, -0.25) is 0 Å². The molecule has 0 fully saturated rings. The molecule has 0 saturated heterocycles. The van der Waals surface area contributed by atoms with E-state index in [1.54, 1.807) is 0 Å². The van der Waals surface area contributed by atoms with Crippen molar-refractivity contribution in [1.82, 2.24) is 0 Å². The molecule has 0 aromatic rings. The number of nitrogens with two attached hydrogens (primary N) is 1. The summed E-state index contributed by atoms with van der Waals surface area (Å²) in [5.41, 5.74) is 5.23. The summed E-state index contributed by atoms with van der Waals surface area (Å²) in [6, 6.07) is -0.424. The number of aliphatic hydroxyl groups excluding tert-OH is 3. The van der Waals surface area contributed by atoms with E-state index in [4.69, 9.17) is 21.1 Å². The smallest absolute Gasteiger partial charge is 0.0786 e. The third kappa shape index (κ3) is 4.35. The quantitative estimate of drug-likeness (QED) is 0.361. The van der Waals surface area contributed by atoms with Crippen LogP contribution in [-0.2, 0) is 0 Å². The summed E-state index contributed by atoms with van der Waals surface area (Å²) in [5, 5.41) is 25.4. The van der Waals surface area contributed by atoms with Gasteiger partial charge in [0.25, 0.3) is 0 Å². The first kappa shape index (κ1) is 8.84. The van der Waals surface area contributed by atoms with E-state index in [1.807, 2.05) is 0 Å². The second kappa shape index (κ2) is 4.69. The Kier molecular flexibility index (Phi) is 4.61. The third-order valence-corrected chi connectivity index (χ3v) is 1.02. The van der Waals surface area contributed by atoms with Crippen LogP contribution in [0.4, 0.5) is 0 Å². The van der Waals surface area contributed by atoms with Crippen molar-refractivity contribution in [2.75, 3.05) is 13.2 Å². The standard InChI is InChI=1S/C5H13NO3/c6-4(2-7)1-5(9)3-8/h4-5,7-9H,1-3,6H2. The molecule has 56 valence electrons. The SMILES string of the molecule is NC(CO)CC(O)CO. The second-order valence-corrected chi connectivity index (χ2v) is 2.01. The fourth-order valence-electron chi connectivity index (χ4n) is 0.499. The van der Waals surface area contributed by atoms with Crippen LogP contribution in [0.15, 0.2) is 0 Å². The molecule has 0 heterocycles. The fourth-order valence-corrected chi connectivity index (χ4v) is 0.499. The molecule has 0 spiro atoms. The molecule has 0 amide bonds. The monoisotopic (exact) mass is 135 g/mol. The van der Waals surface area contributed by atoms with E-state index in [1.165, 1.54) is 0 Å². The van der Waals surface area contributed by atoms with Gasteiger partial charge in [-0.15, -0.1) is 0 Å². The van der Waals surface area contributed by atoms with Crippen LogP contribution >= 0.6 is 0 Å². The molecule has 0 bridgehead atoms. The summed E-state index contributed by atoms with van der Waals surface area (Å²) in [4.78, 5) is 0. The lowest BCUT2D eigenvalue weighted by molar-refractivity contribution is 0.0758. The second-order valence-electron chi connectivity index (χ2n) is 2.01. The Labute approximate surface area is 53.9 Å². The first-order valence-corrected chi connectivity index (χ1v) is 2.86. The van der Waals surface area contributed by atoms with Crippen molar-refractivity contribution in [2.24, 2.45) is 5.73 Å². The molecule has 2 unspecified atom stereocenters. The first-order chi connectivity index (χ1) is 4.20. The van der Waals surface area contributed by atoms with E-state index in [0.29, 0.717) is 0 Å². The number of hydrogen-bond donors (Lipinski definition) is 4. The van der Waals surface area contributed by atoms with Crippen molar-refractivity contribution < 1.29 is 15.3 Å². The van der Waals surface area contributed by atoms with Crippen molar-refractivity contribution in [2.45, 2.75) is 18.6 Å². The van der Waals surface area contributed by atoms with Gasteiger partial charge in [0.2, 0.25) is 0 Å². The minimum Gasteiger partial charge on any atom is -0.395 e. The van der Waals surface area contributed by atoms with Gasteiger partial charge in [0.1, 0.15) is 0 Å². The highest BCUT2D eigenvalue weighted by Gasteiger charge is 2.07. The Bertz CT molecular complexity index is 61.2. The zero-order chi connectivity index (χ0) is 7.28. The highest BCUT2D eigenvalue weighted by atomic mass is 16.3. The predicted octanol–water partition coefficient (Wildman–Crippen LogP) is -1.95. The average Bonchev–Trinajstić information content (AvgIpc) is 1.87. The Morgan fingerprint density at radius 2 is 1.78 bits per heavy atom. The highest BCUT2D eigenvalue weighted by Crippen LogP contribution is 1.92. The van der Waals surface area contributed by atoms with E-state index in [-0.39, 0.29) is 19.6 Å². The highest BCUT2D eigenvalue weighted by molar-refractivity contribution is 4.64. The minimum atomic E-state index is -0.799. The lowest BCUT2D eigenvalue weighted by atomic mass is 10.1. The number of aliphatic hydroxyl groups is 3. The fraction of sp³-hybridized carbons (Fsp3) is 1.00. The Hall–Kier alpha value is -0.160. The van der Waals surface area contributed by atoms with Crippen LogP contribution < -0.4 is 5.73 Å². The third-order valence-electron chi connectivity index (χ3n) is 1.02. The normalized spacial score (nSPS) is 17.3. The van der Waals surface area contributed by atoms with Gasteiger partial charge in [-0.25, -0.2) is 0 Å². The van der Waals surface area contributed by atoms with Gasteiger partial charge in [0, 0.05) is 6.04 Å². The van der Waals surface area contributed by atoms with Crippen LogP contribution in [0.5, 0.6) is 0 Å². The van der Waals surface area contributed by atoms with E-state index in [2.05, 4.69) is 0 Å². The van der Waals surface area contributed by atoms with Gasteiger partial charge < -0.3 is 21.1 Å². The zero-order valence-corrected chi connectivity index (χ0v) is 5.20. The summed E-state index contributed by atoms with van der Waals surface area (Å²) in [6.07, 6.45) is -0.556. The largest absolute Gasteiger partial charge is 0.395 e. The van der Waals surface area contributed by atoms with Gasteiger partial charge in [-0.05, 0) is 6.42 Å². The van der Waals surface area contributed by atoms with Crippen LogP contribution in [0, 0.1) is 0 Å². The Morgan fingerprint density at radius 3 is 2.11 bits per heavy atom. The van der Waals surface area contributed by atoms with Crippen molar-refractivity contribution in [3.63, 3.8) is 0 Å². The zero-order valence-electron chi connectivity index (χ0n) is 5.20. The van der Waals surface area contributed by atoms with Gasteiger partial charge in [-0.2, -0.15) is 0 Å². The van der Waals surface area contributed by atoms with Crippen LogP contribution in [-0.4, -0.2) is 40.7 Å². The predicted molar refractivity (Wildman–Crippen MR) is 32.8 cm³/mol. The summed E-state index contributed by atoms with van der Waals surface area (Å²) in [7, 11) is 0. The summed E-state index contributed by atoms with van der Waals surface area (Å²) >= 11 is 0. The van der Waals surface area contributed by atoms with Gasteiger partial charge in [0.15, 0.2) is 0 Å². The lowest BCUT2D eigenvalue weighted by Gasteiger charge is -2.10. The minimum absolute atomic E-state index is 0.156. The molecule has 4 heteroatoms. The molecule has 0 aromatic heterocycles. The number of hydrogen-bond acceptors (Lipinski definition) is 4. The molecule has 0 saturated carbocycles. The molecule has 0 radical (unpaired) electrons. The van der Waals surface area contributed by atoms with Crippen molar-refractivity contribution in [1.29, 1.82) is 0 Å². The average molecular weight is 135 g/mol. The molecule has 5 N–H and O–H groups in total. The molecule has 0 aliphatic heterocycles. The molecule has 9 heavy (non-hydrogen) atoms. The number of rotatable bonds is 4. The lowest BCUT2D eigenvalue weighted by Crippen LogP contribution is -2.30. The molecule has 2 atom stereocenters. The molecule has 4 nitrogen and oxygen atoms in total. The van der Waals surface area contributed by atoms with Crippen LogP contribution in [0.1, 0.15) is 6.42 Å². The van der Waals surface area contributed by atoms with Gasteiger partial charge in [0.05, 0.1) is 19.3 Å². The van der Waals surface area contributed by atoms with E-state index >= 15 is 0 Å². The van der Waals surface area contributed by atoms with Crippen molar-refractivity contribution in [3.8, 4) is 0 Å². The van der Waals surface area contributed by atoms with Crippen LogP contribution in [0.2, 0.25) is 0 Å². The maximum Gasteiger partial charge on any atom is 0.0786 e. The van der Waals surface area contributed by atoms with Gasteiger partial charge >= 0.3 is 0 Å². The first-order valence-electron chi connectivity index (χ1n) is 2.86. The van der Waals surface area contributed by atoms with E-state index in [0.717, 1.165) is 0 Å². The molecular weight excluding hydrogens is 122 g/mol. The van der Waals surface area contributed by atoms with Crippen LogP contribution in [0.25, 0.3) is 0 Å². The maximum atomic E-state index is 8.72. The molecule has 0 aliphatic rings. The van der Waals surface area contributed by atoms with Gasteiger partial charge in [-0.1, -0.05) is 0 Å². The summed E-state index contributed by atoms with van der Waals surface area (Å²) < 4.78 is 0. The Balaban J connectivity index is 3.22. The van der Waals surface area contributed by atoms with E-state index in [9.17, 15) is 0 Å². The Morgan fingerprint density at radius 1 is 1.22 bits per heavy atom. The van der Waals surface area contributed by atoms with E-state index < -0.39 is 12.1 Å². The van der Waals surface area contributed by atoms with Crippen molar-refractivity contribution in [3.05, 3.63) is 0 Å². The molecule has 0 rings (SSSR count). The molecular formula is C5H13NO3. The van der Waals surface area contributed by atoms with Crippen molar-refractivity contribution >= 4 is 0 Å². The summed E-state index contributed by atoms with van der Waals surface area (Å²) in [6.45, 7) is -0.454. The van der Waals surface area contributed by atoms with Crippen LogP contribution in [0.3, 0.4) is 0 Å². The topological polar surface area (TPSA) is 86.7 Å². The molecule has 0 aromatic carbocycles. The maximum absolute atomic E-state index is 8.72.